The number of methoxy groups -OCH3 is 1. The minimum absolute atomic E-state index is 0.566. The molecule has 0 saturated carbocycles. The van der Waals surface area contributed by atoms with E-state index in [1.165, 1.54) is 5.56 Å². The number of rotatable bonds is 9. The van der Waals surface area contributed by atoms with Gasteiger partial charge in [-0.05, 0) is 49.7 Å². The summed E-state index contributed by atoms with van der Waals surface area (Å²) >= 11 is 0. The molecule has 0 aliphatic heterocycles. The van der Waals surface area contributed by atoms with Crippen LogP contribution in [0.4, 0.5) is 5.95 Å². The van der Waals surface area contributed by atoms with E-state index in [0.29, 0.717) is 19.1 Å². The third-order valence-electron chi connectivity index (χ3n) is 4.80. The van der Waals surface area contributed by atoms with Crippen molar-refractivity contribution in [3.63, 3.8) is 0 Å². The molecule has 158 valence electrons. The van der Waals surface area contributed by atoms with Gasteiger partial charge in [-0.1, -0.05) is 17.7 Å². The van der Waals surface area contributed by atoms with E-state index in [1.807, 2.05) is 48.5 Å². The number of imidazole rings is 1. The second-order valence-corrected chi connectivity index (χ2v) is 7.06. The van der Waals surface area contributed by atoms with Crippen molar-refractivity contribution in [3.05, 3.63) is 72.7 Å². The van der Waals surface area contributed by atoms with E-state index in [9.17, 15) is 0 Å². The van der Waals surface area contributed by atoms with Gasteiger partial charge in [0.1, 0.15) is 17.3 Å². The summed E-state index contributed by atoms with van der Waals surface area (Å²) in [5.41, 5.74) is 3.81. The van der Waals surface area contributed by atoms with Crippen LogP contribution in [0.3, 0.4) is 0 Å². The molecule has 4 aromatic rings. The molecule has 0 aliphatic carbocycles. The molecular formula is C24H25N5O2. The number of H-pyrrole nitrogens is 1. The molecule has 0 saturated heterocycles. The smallest absolute Gasteiger partial charge is 0.223 e. The molecule has 0 unspecified atom stereocenters. The quantitative estimate of drug-likeness (QED) is 0.384. The summed E-state index contributed by atoms with van der Waals surface area (Å²) in [6.07, 6.45) is 6.12. The monoisotopic (exact) mass is 415 g/mol. The number of nitrogens with one attached hydrogen (secondary N) is 2. The van der Waals surface area contributed by atoms with E-state index < -0.39 is 0 Å². The second kappa shape index (κ2) is 9.75. The Kier molecular flexibility index (Phi) is 6.42. The Hall–Kier alpha value is -3.87. The molecule has 2 heterocycles. The molecule has 0 aliphatic rings. The molecule has 7 heteroatoms. The predicted molar refractivity (Wildman–Crippen MR) is 121 cm³/mol. The van der Waals surface area contributed by atoms with Crippen LogP contribution in [0.2, 0.25) is 0 Å². The fraction of sp³-hybridized carbons (Fsp3) is 0.208. The molecule has 0 bridgehead atoms. The first-order chi connectivity index (χ1) is 15.2. The van der Waals surface area contributed by atoms with Gasteiger partial charge in [0.25, 0.3) is 0 Å². The van der Waals surface area contributed by atoms with Crippen LogP contribution in [-0.4, -0.2) is 40.2 Å². The van der Waals surface area contributed by atoms with Gasteiger partial charge >= 0.3 is 0 Å². The second-order valence-electron chi connectivity index (χ2n) is 7.06. The largest absolute Gasteiger partial charge is 0.497 e. The fourth-order valence-corrected chi connectivity index (χ4v) is 3.12. The molecule has 2 aromatic carbocycles. The number of ether oxygens (including phenoxy) is 2. The van der Waals surface area contributed by atoms with Crippen molar-refractivity contribution in [2.75, 3.05) is 25.6 Å². The number of aromatic amines is 1. The van der Waals surface area contributed by atoms with Gasteiger partial charge in [0.05, 0.1) is 25.0 Å². The average Bonchev–Trinajstić information content (AvgIpc) is 3.35. The Labute approximate surface area is 181 Å². The highest BCUT2D eigenvalue weighted by Crippen LogP contribution is 2.30. The van der Waals surface area contributed by atoms with Gasteiger partial charge in [-0.3, -0.25) is 0 Å². The van der Waals surface area contributed by atoms with Gasteiger partial charge in [-0.25, -0.2) is 15.0 Å². The Morgan fingerprint density at radius 3 is 2.45 bits per heavy atom. The molecule has 4 rings (SSSR count). The molecule has 7 nitrogen and oxygen atoms in total. The van der Waals surface area contributed by atoms with Crippen LogP contribution in [-0.2, 0) is 0 Å². The molecule has 0 amide bonds. The Morgan fingerprint density at radius 2 is 1.74 bits per heavy atom. The summed E-state index contributed by atoms with van der Waals surface area (Å²) in [7, 11) is 1.65. The highest BCUT2D eigenvalue weighted by atomic mass is 16.5. The highest BCUT2D eigenvalue weighted by Gasteiger charge is 2.13. The van der Waals surface area contributed by atoms with Crippen LogP contribution < -0.4 is 14.8 Å². The molecular weight excluding hydrogens is 390 g/mol. The van der Waals surface area contributed by atoms with Gasteiger partial charge in [-0.15, -0.1) is 0 Å². The SMILES string of the molecule is COc1ccc(-c2nc(NCCCOc3ccc(C)cc3)ncc2-c2ncc[nH]2)cc1. The van der Waals surface area contributed by atoms with Crippen molar-refractivity contribution in [1.29, 1.82) is 0 Å². The van der Waals surface area contributed by atoms with Crippen LogP contribution >= 0.6 is 0 Å². The minimum Gasteiger partial charge on any atom is -0.497 e. The number of benzene rings is 2. The van der Waals surface area contributed by atoms with E-state index in [1.54, 1.807) is 25.7 Å². The minimum atomic E-state index is 0.566. The van der Waals surface area contributed by atoms with Gasteiger partial charge in [0, 0.05) is 30.7 Å². The zero-order chi connectivity index (χ0) is 21.5. The summed E-state index contributed by atoms with van der Waals surface area (Å²) in [5, 5.41) is 3.29. The maximum absolute atomic E-state index is 5.78. The maximum atomic E-state index is 5.78. The molecule has 2 aromatic heterocycles. The van der Waals surface area contributed by atoms with Crippen molar-refractivity contribution >= 4 is 5.95 Å². The Bertz CT molecular complexity index is 1090. The lowest BCUT2D eigenvalue weighted by Gasteiger charge is -2.11. The van der Waals surface area contributed by atoms with Gasteiger partial charge < -0.3 is 19.8 Å². The number of anilines is 1. The normalized spacial score (nSPS) is 10.6. The summed E-state index contributed by atoms with van der Waals surface area (Å²) in [5.74, 6) is 2.97. The number of hydrogen-bond donors (Lipinski definition) is 2. The molecule has 31 heavy (non-hydrogen) atoms. The summed E-state index contributed by atoms with van der Waals surface area (Å²) < 4.78 is 11.0. The topological polar surface area (TPSA) is 84.9 Å². The van der Waals surface area contributed by atoms with E-state index in [0.717, 1.165) is 40.6 Å². The van der Waals surface area contributed by atoms with Crippen LogP contribution in [0.5, 0.6) is 11.5 Å². The summed E-state index contributed by atoms with van der Waals surface area (Å²) in [6, 6.07) is 15.9. The van der Waals surface area contributed by atoms with Crippen LogP contribution in [0.1, 0.15) is 12.0 Å². The number of nitrogens with zero attached hydrogens (tertiary/aromatic N) is 3. The molecule has 0 fully saturated rings. The van der Waals surface area contributed by atoms with Crippen molar-refractivity contribution in [2.24, 2.45) is 0 Å². The summed E-state index contributed by atoms with van der Waals surface area (Å²) in [4.78, 5) is 16.7. The molecule has 0 atom stereocenters. The third kappa shape index (κ3) is 5.19. The lowest BCUT2D eigenvalue weighted by molar-refractivity contribution is 0.315. The number of aryl methyl sites for hydroxylation is 1. The lowest BCUT2D eigenvalue weighted by Crippen LogP contribution is -2.10. The van der Waals surface area contributed by atoms with Crippen molar-refractivity contribution in [1.82, 2.24) is 19.9 Å². The Balaban J connectivity index is 1.43. The molecule has 0 radical (unpaired) electrons. The average molecular weight is 415 g/mol. The van der Waals surface area contributed by atoms with E-state index in [-0.39, 0.29) is 0 Å². The first-order valence-electron chi connectivity index (χ1n) is 10.2. The van der Waals surface area contributed by atoms with Gasteiger partial charge in [0.2, 0.25) is 5.95 Å². The Morgan fingerprint density at radius 1 is 0.968 bits per heavy atom. The van der Waals surface area contributed by atoms with E-state index in [4.69, 9.17) is 14.5 Å². The van der Waals surface area contributed by atoms with Crippen LogP contribution in [0, 0.1) is 6.92 Å². The molecule has 2 N–H and O–H groups in total. The van der Waals surface area contributed by atoms with Crippen LogP contribution in [0.25, 0.3) is 22.6 Å². The zero-order valence-electron chi connectivity index (χ0n) is 17.6. The van der Waals surface area contributed by atoms with Crippen molar-refractivity contribution < 1.29 is 9.47 Å². The lowest BCUT2D eigenvalue weighted by atomic mass is 10.1. The fourth-order valence-electron chi connectivity index (χ4n) is 3.12. The first-order valence-corrected chi connectivity index (χ1v) is 10.2. The van der Waals surface area contributed by atoms with E-state index >= 15 is 0 Å². The first kappa shape index (κ1) is 20.4. The third-order valence-corrected chi connectivity index (χ3v) is 4.80. The zero-order valence-corrected chi connectivity index (χ0v) is 17.6. The van der Waals surface area contributed by atoms with E-state index in [2.05, 4.69) is 27.2 Å². The van der Waals surface area contributed by atoms with Gasteiger partial charge in [0.15, 0.2) is 0 Å². The maximum Gasteiger partial charge on any atom is 0.223 e. The van der Waals surface area contributed by atoms with Crippen molar-refractivity contribution in [3.8, 4) is 34.1 Å². The standard InChI is InChI=1S/C24H25N5O2/c1-17-4-8-20(9-5-17)31-15-3-12-27-24-28-16-21(23-25-13-14-26-23)22(29-24)18-6-10-19(30-2)11-7-18/h4-11,13-14,16H,3,12,15H2,1-2H3,(H,25,26)(H,27,28,29). The number of hydrogen-bond acceptors (Lipinski definition) is 6. The number of aromatic nitrogens is 4. The summed E-state index contributed by atoms with van der Waals surface area (Å²) in [6.45, 7) is 3.38. The van der Waals surface area contributed by atoms with Crippen molar-refractivity contribution in [2.45, 2.75) is 13.3 Å². The van der Waals surface area contributed by atoms with Crippen LogP contribution in [0.15, 0.2) is 67.1 Å². The highest BCUT2D eigenvalue weighted by molar-refractivity contribution is 5.77. The predicted octanol–water partition coefficient (Wildman–Crippen LogP) is 4.73. The van der Waals surface area contributed by atoms with Gasteiger partial charge in [-0.2, -0.15) is 0 Å². The molecule has 0 spiro atoms.